The highest BCUT2D eigenvalue weighted by Crippen LogP contribution is 2.31. The highest BCUT2D eigenvalue weighted by molar-refractivity contribution is 6.31. The van der Waals surface area contributed by atoms with E-state index in [-0.39, 0.29) is 28.9 Å². The molecule has 1 aromatic rings. The topological polar surface area (TPSA) is 58.6 Å². The molecule has 5 heteroatoms. The Morgan fingerprint density at radius 3 is 2.86 bits per heavy atom. The zero-order valence-electron chi connectivity index (χ0n) is 12.5. The molecule has 1 aliphatic heterocycles. The SMILES string of the molecule is CCC1(CC)CC(NC(=O)c2cc(Cl)ccc2O)CCO1. The van der Waals surface area contributed by atoms with Gasteiger partial charge in [-0.3, -0.25) is 4.79 Å². The Balaban J connectivity index is 2.07. The van der Waals surface area contributed by atoms with Gasteiger partial charge in [-0.25, -0.2) is 0 Å². The zero-order valence-corrected chi connectivity index (χ0v) is 13.2. The Labute approximate surface area is 130 Å². The molecule has 0 saturated carbocycles. The quantitative estimate of drug-likeness (QED) is 0.894. The van der Waals surface area contributed by atoms with Gasteiger partial charge in [-0.05, 0) is 43.9 Å². The third kappa shape index (κ3) is 3.69. The van der Waals surface area contributed by atoms with Crippen molar-refractivity contribution < 1.29 is 14.6 Å². The van der Waals surface area contributed by atoms with E-state index in [1.807, 2.05) is 0 Å². The van der Waals surface area contributed by atoms with Gasteiger partial charge in [0.05, 0.1) is 11.2 Å². The molecular formula is C16H22ClNO3. The number of carbonyl (C=O) groups excluding carboxylic acids is 1. The van der Waals surface area contributed by atoms with Gasteiger partial charge in [-0.15, -0.1) is 0 Å². The van der Waals surface area contributed by atoms with Gasteiger partial charge >= 0.3 is 0 Å². The maximum absolute atomic E-state index is 12.3. The van der Waals surface area contributed by atoms with E-state index in [2.05, 4.69) is 19.2 Å². The molecule has 1 saturated heterocycles. The van der Waals surface area contributed by atoms with Crippen molar-refractivity contribution >= 4 is 17.5 Å². The number of amides is 1. The van der Waals surface area contributed by atoms with Gasteiger partial charge in [0.2, 0.25) is 0 Å². The fourth-order valence-electron chi connectivity index (χ4n) is 2.85. The smallest absolute Gasteiger partial charge is 0.255 e. The first-order chi connectivity index (χ1) is 9.99. The number of benzene rings is 1. The molecule has 1 atom stereocenters. The third-order valence-electron chi connectivity index (χ3n) is 4.32. The molecule has 0 aliphatic carbocycles. The summed E-state index contributed by atoms with van der Waals surface area (Å²) in [4.78, 5) is 12.3. The Morgan fingerprint density at radius 1 is 1.48 bits per heavy atom. The standard InChI is InChI=1S/C16H22ClNO3/c1-3-16(4-2)10-12(7-8-21-16)18-15(20)13-9-11(17)5-6-14(13)19/h5-6,9,12,19H,3-4,7-8,10H2,1-2H3,(H,18,20). The lowest BCUT2D eigenvalue weighted by atomic mass is 9.86. The van der Waals surface area contributed by atoms with Crippen LogP contribution in [0.5, 0.6) is 5.75 Å². The highest BCUT2D eigenvalue weighted by Gasteiger charge is 2.35. The second-order valence-corrected chi connectivity index (χ2v) is 6.00. The number of phenols is 1. The largest absolute Gasteiger partial charge is 0.507 e. The van der Waals surface area contributed by atoms with Gasteiger partial charge in [-0.1, -0.05) is 25.4 Å². The first-order valence-corrected chi connectivity index (χ1v) is 7.81. The van der Waals surface area contributed by atoms with Gasteiger partial charge < -0.3 is 15.2 Å². The minimum Gasteiger partial charge on any atom is -0.507 e. The molecule has 0 aromatic heterocycles. The Morgan fingerprint density at radius 2 is 2.19 bits per heavy atom. The van der Waals surface area contributed by atoms with E-state index in [1.54, 1.807) is 6.07 Å². The number of rotatable bonds is 4. The average Bonchev–Trinajstić information content (AvgIpc) is 2.49. The van der Waals surface area contributed by atoms with Crippen LogP contribution in [0, 0.1) is 0 Å². The fourth-order valence-corrected chi connectivity index (χ4v) is 3.02. The van der Waals surface area contributed by atoms with Crippen LogP contribution in [0.15, 0.2) is 18.2 Å². The van der Waals surface area contributed by atoms with Crippen LogP contribution in [-0.2, 0) is 4.74 Å². The van der Waals surface area contributed by atoms with Crippen molar-refractivity contribution in [2.45, 2.75) is 51.2 Å². The van der Waals surface area contributed by atoms with E-state index in [9.17, 15) is 9.90 Å². The first kappa shape index (κ1) is 16.1. The van der Waals surface area contributed by atoms with Crippen LogP contribution < -0.4 is 5.32 Å². The first-order valence-electron chi connectivity index (χ1n) is 7.43. The molecule has 0 spiro atoms. The van der Waals surface area contributed by atoms with E-state index in [4.69, 9.17) is 16.3 Å². The third-order valence-corrected chi connectivity index (χ3v) is 4.56. The molecule has 1 amide bonds. The molecule has 4 nitrogen and oxygen atoms in total. The predicted molar refractivity (Wildman–Crippen MR) is 82.9 cm³/mol. The van der Waals surface area contributed by atoms with E-state index < -0.39 is 0 Å². The number of hydrogen-bond acceptors (Lipinski definition) is 3. The number of halogens is 1. The van der Waals surface area contributed by atoms with Crippen LogP contribution in [0.2, 0.25) is 5.02 Å². The van der Waals surface area contributed by atoms with Gasteiger partial charge in [-0.2, -0.15) is 0 Å². The normalized spacial score (nSPS) is 21.0. The summed E-state index contributed by atoms with van der Waals surface area (Å²) < 4.78 is 5.90. The summed E-state index contributed by atoms with van der Waals surface area (Å²) in [6, 6.07) is 4.54. The van der Waals surface area contributed by atoms with Crippen LogP contribution in [0.3, 0.4) is 0 Å². The highest BCUT2D eigenvalue weighted by atomic mass is 35.5. The monoisotopic (exact) mass is 311 g/mol. The Hall–Kier alpha value is -1.26. The van der Waals surface area contributed by atoms with Crippen molar-refractivity contribution in [3.63, 3.8) is 0 Å². The average molecular weight is 312 g/mol. The fraction of sp³-hybridized carbons (Fsp3) is 0.562. The lowest BCUT2D eigenvalue weighted by Gasteiger charge is -2.40. The Bertz CT molecular complexity index is 514. The molecule has 21 heavy (non-hydrogen) atoms. The molecule has 1 aliphatic rings. The minimum atomic E-state index is -0.289. The summed E-state index contributed by atoms with van der Waals surface area (Å²) in [5.41, 5.74) is 0.0691. The molecule has 0 radical (unpaired) electrons. The summed E-state index contributed by atoms with van der Waals surface area (Å²) in [5, 5.41) is 13.2. The van der Waals surface area contributed by atoms with E-state index in [0.29, 0.717) is 11.6 Å². The van der Waals surface area contributed by atoms with Gasteiger partial charge in [0.25, 0.3) is 5.91 Å². The summed E-state index contributed by atoms with van der Waals surface area (Å²) in [6.45, 7) is 4.86. The molecule has 1 aromatic carbocycles. The second-order valence-electron chi connectivity index (χ2n) is 5.56. The maximum atomic E-state index is 12.3. The van der Waals surface area contributed by atoms with Crippen LogP contribution in [0.4, 0.5) is 0 Å². The van der Waals surface area contributed by atoms with Crippen LogP contribution in [0.1, 0.15) is 49.9 Å². The van der Waals surface area contributed by atoms with Crippen molar-refractivity contribution in [1.29, 1.82) is 0 Å². The Kier molecular flexibility index (Phi) is 5.12. The predicted octanol–water partition coefficient (Wildman–Crippen LogP) is 3.51. The van der Waals surface area contributed by atoms with Gasteiger partial charge in [0.15, 0.2) is 0 Å². The number of phenolic OH excluding ortho intramolecular Hbond substituents is 1. The molecule has 1 heterocycles. The van der Waals surface area contributed by atoms with Crippen molar-refractivity contribution in [2.75, 3.05) is 6.61 Å². The molecular weight excluding hydrogens is 290 g/mol. The van der Waals surface area contributed by atoms with E-state index >= 15 is 0 Å². The molecule has 2 N–H and O–H groups in total. The lowest BCUT2D eigenvalue weighted by molar-refractivity contribution is -0.0917. The van der Waals surface area contributed by atoms with Crippen molar-refractivity contribution in [3.8, 4) is 5.75 Å². The summed E-state index contributed by atoms with van der Waals surface area (Å²) in [5.74, 6) is -0.343. The maximum Gasteiger partial charge on any atom is 0.255 e. The second kappa shape index (κ2) is 6.67. The number of aromatic hydroxyl groups is 1. The van der Waals surface area contributed by atoms with Crippen molar-refractivity contribution in [1.82, 2.24) is 5.32 Å². The minimum absolute atomic E-state index is 0.0544. The molecule has 0 bridgehead atoms. The zero-order chi connectivity index (χ0) is 15.5. The number of ether oxygens (including phenoxy) is 1. The lowest BCUT2D eigenvalue weighted by Crippen LogP contribution is -2.48. The van der Waals surface area contributed by atoms with E-state index in [1.165, 1.54) is 12.1 Å². The van der Waals surface area contributed by atoms with Gasteiger partial charge in [0.1, 0.15) is 5.75 Å². The van der Waals surface area contributed by atoms with E-state index in [0.717, 1.165) is 25.7 Å². The molecule has 2 rings (SSSR count). The van der Waals surface area contributed by atoms with Gasteiger partial charge in [0, 0.05) is 17.7 Å². The summed E-state index contributed by atoms with van der Waals surface area (Å²) in [7, 11) is 0. The van der Waals surface area contributed by atoms with Crippen molar-refractivity contribution in [2.24, 2.45) is 0 Å². The number of nitrogens with one attached hydrogen (secondary N) is 1. The summed E-state index contributed by atoms with van der Waals surface area (Å²) >= 11 is 5.88. The number of hydrogen-bond donors (Lipinski definition) is 2. The summed E-state index contributed by atoms with van der Waals surface area (Å²) in [6.07, 6.45) is 3.44. The number of carbonyl (C=O) groups is 1. The van der Waals surface area contributed by atoms with Crippen LogP contribution in [0.25, 0.3) is 0 Å². The van der Waals surface area contributed by atoms with Crippen LogP contribution >= 0.6 is 11.6 Å². The molecule has 1 fully saturated rings. The molecule has 116 valence electrons. The molecule has 1 unspecified atom stereocenters. The van der Waals surface area contributed by atoms with Crippen LogP contribution in [-0.4, -0.2) is 29.3 Å². The van der Waals surface area contributed by atoms with Crippen molar-refractivity contribution in [3.05, 3.63) is 28.8 Å².